The molecule has 0 aliphatic heterocycles. The zero-order valence-corrected chi connectivity index (χ0v) is 16.3. The maximum absolute atomic E-state index is 12.3. The van der Waals surface area contributed by atoms with Crippen molar-refractivity contribution in [2.24, 2.45) is 0 Å². The minimum atomic E-state index is -3.62. The van der Waals surface area contributed by atoms with Gasteiger partial charge < -0.3 is 10.6 Å². The van der Waals surface area contributed by atoms with Gasteiger partial charge in [-0.3, -0.25) is 9.59 Å². The van der Waals surface area contributed by atoms with Crippen LogP contribution in [0.2, 0.25) is 0 Å². The average Bonchev–Trinajstić information content (AvgIpc) is 2.62. The van der Waals surface area contributed by atoms with Gasteiger partial charge in [-0.05, 0) is 43.2 Å². The third-order valence-electron chi connectivity index (χ3n) is 4.00. The maximum Gasteiger partial charge on any atom is 0.251 e. The van der Waals surface area contributed by atoms with Gasteiger partial charge >= 0.3 is 0 Å². The van der Waals surface area contributed by atoms with Gasteiger partial charge in [0.2, 0.25) is 5.91 Å². The lowest BCUT2D eigenvalue weighted by Gasteiger charge is -2.11. The maximum atomic E-state index is 12.3. The average molecular weight is 388 g/mol. The smallest absolute Gasteiger partial charge is 0.251 e. The van der Waals surface area contributed by atoms with Crippen molar-refractivity contribution in [1.29, 1.82) is 0 Å². The highest BCUT2D eigenvalue weighted by atomic mass is 32.2. The highest BCUT2D eigenvalue weighted by molar-refractivity contribution is 7.91. The normalized spacial score (nSPS) is 12.2. The predicted octanol–water partition coefficient (Wildman–Crippen LogP) is 2.77. The molecular weight excluding hydrogens is 364 g/mol. The molecule has 1 unspecified atom stereocenters. The second-order valence-corrected chi connectivity index (χ2v) is 8.49. The van der Waals surface area contributed by atoms with Crippen molar-refractivity contribution in [2.45, 2.75) is 32.1 Å². The number of nitrogens with one attached hydrogen (secondary N) is 2. The third-order valence-corrected chi connectivity index (χ3v) is 5.48. The standard InChI is InChI=1S/C20H24N2O4S/c1-3-15(2)21-20(24)17-11-9-16(10-12-17)13-27(25,26)14-19(23)22-18-7-5-4-6-8-18/h4-12,15H,3,13-14H2,1-2H3,(H,21,24)(H,22,23). The zero-order chi connectivity index (χ0) is 19.9. The summed E-state index contributed by atoms with van der Waals surface area (Å²) in [7, 11) is -3.62. The lowest BCUT2D eigenvalue weighted by Crippen LogP contribution is -2.31. The molecule has 0 aliphatic rings. The quantitative estimate of drug-likeness (QED) is 0.727. The molecule has 2 rings (SSSR count). The van der Waals surface area contributed by atoms with E-state index in [-0.39, 0.29) is 17.7 Å². The molecule has 2 aromatic rings. The molecule has 0 spiro atoms. The van der Waals surface area contributed by atoms with Crippen LogP contribution in [0.4, 0.5) is 5.69 Å². The first-order valence-corrected chi connectivity index (χ1v) is 10.6. The van der Waals surface area contributed by atoms with Crippen LogP contribution < -0.4 is 10.6 Å². The molecule has 2 N–H and O–H groups in total. The van der Waals surface area contributed by atoms with Gasteiger partial charge in [-0.25, -0.2) is 8.42 Å². The number of benzene rings is 2. The molecule has 27 heavy (non-hydrogen) atoms. The number of sulfone groups is 1. The molecule has 144 valence electrons. The Hall–Kier alpha value is -2.67. The van der Waals surface area contributed by atoms with E-state index in [0.717, 1.165) is 6.42 Å². The Balaban J connectivity index is 1.94. The Morgan fingerprint density at radius 1 is 1.00 bits per heavy atom. The van der Waals surface area contributed by atoms with Crippen LogP contribution in [0, 0.1) is 0 Å². The van der Waals surface area contributed by atoms with Gasteiger partial charge in [0.1, 0.15) is 5.75 Å². The number of carbonyl (C=O) groups excluding carboxylic acids is 2. The lowest BCUT2D eigenvalue weighted by atomic mass is 10.1. The Bertz CT molecular complexity index is 878. The molecule has 0 radical (unpaired) electrons. The van der Waals surface area contributed by atoms with Gasteiger partial charge in [-0.15, -0.1) is 0 Å². The van der Waals surface area contributed by atoms with E-state index in [2.05, 4.69) is 10.6 Å². The summed E-state index contributed by atoms with van der Waals surface area (Å²) >= 11 is 0. The van der Waals surface area contributed by atoms with Crippen molar-refractivity contribution in [2.75, 3.05) is 11.1 Å². The van der Waals surface area contributed by atoms with Crippen molar-refractivity contribution < 1.29 is 18.0 Å². The predicted molar refractivity (Wildman–Crippen MR) is 106 cm³/mol. The molecule has 0 fully saturated rings. The summed E-state index contributed by atoms with van der Waals surface area (Å²) in [5.41, 5.74) is 1.55. The highest BCUT2D eigenvalue weighted by Gasteiger charge is 2.18. The Morgan fingerprint density at radius 3 is 2.22 bits per heavy atom. The molecular formula is C20H24N2O4S. The molecule has 0 bridgehead atoms. The summed E-state index contributed by atoms with van der Waals surface area (Å²) in [6, 6.07) is 15.1. The van der Waals surface area contributed by atoms with E-state index in [1.165, 1.54) is 0 Å². The molecule has 0 saturated carbocycles. The van der Waals surface area contributed by atoms with Crippen LogP contribution in [0.5, 0.6) is 0 Å². The van der Waals surface area contributed by atoms with Crippen molar-refractivity contribution in [3.63, 3.8) is 0 Å². The van der Waals surface area contributed by atoms with Crippen LogP contribution in [0.15, 0.2) is 54.6 Å². The second-order valence-electron chi connectivity index (χ2n) is 6.43. The van der Waals surface area contributed by atoms with Gasteiger partial charge in [0.15, 0.2) is 9.84 Å². The fraction of sp³-hybridized carbons (Fsp3) is 0.300. The topological polar surface area (TPSA) is 92.3 Å². The van der Waals surface area contributed by atoms with Crippen molar-refractivity contribution in [3.8, 4) is 0 Å². The van der Waals surface area contributed by atoms with Gasteiger partial charge in [0, 0.05) is 17.3 Å². The number of anilines is 1. The number of para-hydroxylation sites is 1. The van der Waals surface area contributed by atoms with Crippen LogP contribution >= 0.6 is 0 Å². The van der Waals surface area contributed by atoms with E-state index < -0.39 is 21.5 Å². The Kier molecular flexibility index (Phi) is 7.12. The van der Waals surface area contributed by atoms with Crippen molar-refractivity contribution >= 4 is 27.3 Å². The summed E-state index contributed by atoms with van der Waals surface area (Å²) < 4.78 is 24.5. The van der Waals surface area contributed by atoms with E-state index in [1.54, 1.807) is 54.6 Å². The van der Waals surface area contributed by atoms with Crippen LogP contribution in [0.1, 0.15) is 36.2 Å². The minimum Gasteiger partial charge on any atom is -0.350 e. The molecule has 0 aliphatic carbocycles. The van der Waals surface area contributed by atoms with Gasteiger partial charge in [0.25, 0.3) is 5.91 Å². The minimum absolute atomic E-state index is 0.0701. The fourth-order valence-corrected chi connectivity index (χ4v) is 3.66. The van der Waals surface area contributed by atoms with E-state index in [1.807, 2.05) is 13.8 Å². The van der Waals surface area contributed by atoms with Gasteiger partial charge in [0.05, 0.1) is 5.75 Å². The van der Waals surface area contributed by atoms with Gasteiger partial charge in [-0.1, -0.05) is 37.3 Å². The largest absolute Gasteiger partial charge is 0.350 e. The first-order chi connectivity index (χ1) is 12.8. The number of amides is 2. The van der Waals surface area contributed by atoms with E-state index >= 15 is 0 Å². The monoisotopic (exact) mass is 388 g/mol. The summed E-state index contributed by atoms with van der Waals surface area (Å²) in [6.07, 6.45) is 0.827. The molecule has 7 heteroatoms. The van der Waals surface area contributed by atoms with Crippen LogP contribution in [-0.4, -0.2) is 32.0 Å². The van der Waals surface area contributed by atoms with Crippen LogP contribution in [0.3, 0.4) is 0 Å². The Morgan fingerprint density at radius 2 is 1.63 bits per heavy atom. The molecule has 0 aromatic heterocycles. The number of hydrogen-bond donors (Lipinski definition) is 2. The molecule has 0 saturated heterocycles. The highest BCUT2D eigenvalue weighted by Crippen LogP contribution is 2.11. The van der Waals surface area contributed by atoms with Crippen LogP contribution in [0.25, 0.3) is 0 Å². The van der Waals surface area contributed by atoms with Crippen molar-refractivity contribution in [3.05, 3.63) is 65.7 Å². The first kappa shape index (κ1) is 20.6. The lowest BCUT2D eigenvalue weighted by molar-refractivity contribution is -0.113. The van der Waals surface area contributed by atoms with Crippen LogP contribution in [-0.2, 0) is 20.4 Å². The summed E-state index contributed by atoms with van der Waals surface area (Å²) in [5.74, 6) is -1.63. The Labute approximate surface area is 159 Å². The molecule has 2 aromatic carbocycles. The number of carbonyl (C=O) groups is 2. The zero-order valence-electron chi connectivity index (χ0n) is 15.4. The fourth-order valence-electron chi connectivity index (χ4n) is 2.38. The first-order valence-electron chi connectivity index (χ1n) is 8.74. The summed E-state index contributed by atoms with van der Waals surface area (Å²) in [6.45, 7) is 3.90. The van der Waals surface area contributed by atoms with Crippen molar-refractivity contribution in [1.82, 2.24) is 5.32 Å². The molecule has 1 atom stereocenters. The van der Waals surface area contributed by atoms with E-state index in [4.69, 9.17) is 0 Å². The SMILES string of the molecule is CCC(C)NC(=O)c1ccc(CS(=O)(=O)CC(=O)Nc2ccccc2)cc1. The molecule has 0 heterocycles. The molecule has 6 nitrogen and oxygen atoms in total. The molecule has 2 amide bonds. The second kappa shape index (κ2) is 9.32. The summed E-state index contributed by atoms with van der Waals surface area (Å²) in [5, 5.41) is 5.41. The van der Waals surface area contributed by atoms with E-state index in [0.29, 0.717) is 16.8 Å². The van der Waals surface area contributed by atoms with E-state index in [9.17, 15) is 18.0 Å². The third kappa shape index (κ3) is 6.86. The van der Waals surface area contributed by atoms with Gasteiger partial charge in [-0.2, -0.15) is 0 Å². The summed E-state index contributed by atoms with van der Waals surface area (Å²) in [4.78, 5) is 24.0. The number of hydrogen-bond acceptors (Lipinski definition) is 4. The number of rotatable bonds is 8.